The van der Waals surface area contributed by atoms with Gasteiger partial charge < -0.3 is 5.11 Å². The molecule has 17 heavy (non-hydrogen) atoms. The van der Waals surface area contributed by atoms with Crippen LogP contribution in [0.4, 0.5) is 0 Å². The number of carbonyl (C=O) groups is 1. The molecule has 0 amide bonds. The zero-order valence-electron chi connectivity index (χ0n) is 8.50. The Morgan fingerprint density at radius 3 is 2.71 bits per heavy atom. The SMILES string of the molecule is O=C(O)c1cc(Sc2ccncc2)ncc1Cl. The summed E-state index contributed by atoms with van der Waals surface area (Å²) in [7, 11) is 0. The molecule has 0 saturated heterocycles. The smallest absolute Gasteiger partial charge is 0.337 e. The van der Waals surface area contributed by atoms with Gasteiger partial charge in [-0.05, 0) is 18.2 Å². The van der Waals surface area contributed by atoms with E-state index in [2.05, 4.69) is 9.97 Å². The Balaban J connectivity index is 2.29. The molecule has 2 aromatic heterocycles. The molecule has 0 fully saturated rings. The predicted molar refractivity (Wildman–Crippen MR) is 64.6 cm³/mol. The van der Waals surface area contributed by atoms with Crippen LogP contribution in [0.2, 0.25) is 5.02 Å². The molecule has 0 radical (unpaired) electrons. The standard InChI is InChI=1S/C11H7ClN2O2S/c12-9-6-14-10(5-8(9)11(15)16)17-7-1-3-13-4-2-7/h1-6H,(H,15,16). The maximum atomic E-state index is 10.9. The summed E-state index contributed by atoms with van der Waals surface area (Å²) in [6, 6.07) is 5.10. The Labute approximate surface area is 107 Å². The highest BCUT2D eigenvalue weighted by Gasteiger charge is 2.10. The minimum atomic E-state index is -1.06. The minimum Gasteiger partial charge on any atom is -0.478 e. The first-order chi connectivity index (χ1) is 8.16. The fourth-order valence-corrected chi connectivity index (χ4v) is 2.13. The van der Waals surface area contributed by atoms with Gasteiger partial charge in [-0.1, -0.05) is 23.4 Å². The van der Waals surface area contributed by atoms with Gasteiger partial charge >= 0.3 is 5.97 Å². The number of carboxylic acid groups (broad SMARTS) is 1. The lowest BCUT2D eigenvalue weighted by molar-refractivity contribution is 0.0696. The van der Waals surface area contributed by atoms with Gasteiger partial charge in [-0.25, -0.2) is 9.78 Å². The largest absolute Gasteiger partial charge is 0.478 e. The fraction of sp³-hybridized carbons (Fsp3) is 0. The fourth-order valence-electron chi connectivity index (χ4n) is 1.17. The Morgan fingerprint density at radius 1 is 1.35 bits per heavy atom. The molecule has 0 unspecified atom stereocenters. The molecule has 0 saturated carbocycles. The van der Waals surface area contributed by atoms with Gasteiger partial charge in [-0.2, -0.15) is 0 Å². The molecule has 0 spiro atoms. The Hall–Kier alpha value is -1.59. The van der Waals surface area contributed by atoms with E-state index in [4.69, 9.17) is 16.7 Å². The summed E-state index contributed by atoms with van der Waals surface area (Å²) in [5, 5.41) is 9.64. The number of carboxylic acids is 1. The second-order valence-electron chi connectivity index (χ2n) is 3.09. The number of aromatic nitrogens is 2. The maximum absolute atomic E-state index is 10.9. The van der Waals surface area contributed by atoms with Gasteiger partial charge in [0.15, 0.2) is 0 Å². The molecule has 0 atom stereocenters. The normalized spacial score (nSPS) is 10.2. The van der Waals surface area contributed by atoms with Gasteiger partial charge in [0.25, 0.3) is 0 Å². The van der Waals surface area contributed by atoms with Gasteiger partial charge in [0.05, 0.1) is 10.6 Å². The van der Waals surface area contributed by atoms with Gasteiger partial charge in [0, 0.05) is 23.5 Å². The van der Waals surface area contributed by atoms with E-state index in [9.17, 15) is 4.79 Å². The van der Waals surface area contributed by atoms with Crippen molar-refractivity contribution in [1.82, 2.24) is 9.97 Å². The Morgan fingerprint density at radius 2 is 2.06 bits per heavy atom. The van der Waals surface area contributed by atoms with Crippen LogP contribution in [-0.4, -0.2) is 21.0 Å². The van der Waals surface area contributed by atoms with Crippen molar-refractivity contribution in [3.05, 3.63) is 47.4 Å². The van der Waals surface area contributed by atoms with E-state index in [1.165, 1.54) is 24.0 Å². The summed E-state index contributed by atoms with van der Waals surface area (Å²) in [6.07, 6.45) is 4.67. The summed E-state index contributed by atoms with van der Waals surface area (Å²) >= 11 is 7.09. The highest BCUT2D eigenvalue weighted by molar-refractivity contribution is 7.99. The van der Waals surface area contributed by atoms with Crippen LogP contribution in [0.5, 0.6) is 0 Å². The molecule has 2 rings (SSSR count). The maximum Gasteiger partial charge on any atom is 0.337 e. The van der Waals surface area contributed by atoms with Gasteiger partial charge in [0.2, 0.25) is 0 Å². The molecule has 0 aromatic carbocycles. The molecule has 0 bridgehead atoms. The highest BCUT2D eigenvalue weighted by Crippen LogP contribution is 2.27. The average molecular weight is 267 g/mol. The van der Waals surface area contributed by atoms with Crippen molar-refractivity contribution >= 4 is 29.3 Å². The Kier molecular flexibility index (Phi) is 3.61. The molecule has 0 aliphatic carbocycles. The van der Waals surface area contributed by atoms with Crippen LogP contribution in [0.25, 0.3) is 0 Å². The van der Waals surface area contributed by atoms with Gasteiger partial charge in [-0.3, -0.25) is 4.98 Å². The summed E-state index contributed by atoms with van der Waals surface area (Å²) in [4.78, 5) is 19.8. The number of nitrogens with zero attached hydrogens (tertiary/aromatic N) is 2. The van der Waals surface area contributed by atoms with E-state index in [1.807, 2.05) is 12.1 Å². The molecule has 0 aliphatic rings. The van der Waals surface area contributed by atoms with Crippen LogP contribution in [0.15, 0.2) is 46.7 Å². The van der Waals surface area contributed by atoms with Crippen molar-refractivity contribution < 1.29 is 9.90 Å². The van der Waals surface area contributed by atoms with Crippen LogP contribution in [0.1, 0.15) is 10.4 Å². The van der Waals surface area contributed by atoms with Gasteiger partial charge in [0.1, 0.15) is 5.03 Å². The van der Waals surface area contributed by atoms with E-state index >= 15 is 0 Å². The monoisotopic (exact) mass is 266 g/mol. The topological polar surface area (TPSA) is 63.1 Å². The van der Waals surface area contributed by atoms with Crippen LogP contribution in [0.3, 0.4) is 0 Å². The Bertz CT molecular complexity index is 548. The molecule has 2 heterocycles. The highest BCUT2D eigenvalue weighted by atomic mass is 35.5. The molecule has 1 N–H and O–H groups in total. The zero-order chi connectivity index (χ0) is 12.3. The van der Waals surface area contributed by atoms with E-state index in [-0.39, 0.29) is 10.6 Å². The third-order valence-electron chi connectivity index (χ3n) is 1.93. The summed E-state index contributed by atoms with van der Waals surface area (Å²) in [5.41, 5.74) is 0.0539. The molecular formula is C11H7ClN2O2S. The van der Waals surface area contributed by atoms with Crippen LogP contribution < -0.4 is 0 Å². The molecule has 86 valence electrons. The number of halogens is 1. The van der Waals surface area contributed by atoms with Crippen LogP contribution in [0, 0.1) is 0 Å². The number of hydrogen-bond acceptors (Lipinski definition) is 4. The first kappa shape index (κ1) is 11.9. The van der Waals surface area contributed by atoms with Crippen molar-refractivity contribution in [2.45, 2.75) is 9.92 Å². The molecular weight excluding hydrogens is 260 g/mol. The van der Waals surface area contributed by atoms with Crippen molar-refractivity contribution in [1.29, 1.82) is 0 Å². The quantitative estimate of drug-likeness (QED) is 0.925. The number of rotatable bonds is 3. The van der Waals surface area contributed by atoms with Crippen molar-refractivity contribution in [3.63, 3.8) is 0 Å². The third-order valence-corrected chi connectivity index (χ3v) is 3.17. The predicted octanol–water partition coefficient (Wildman–Crippen LogP) is 2.98. The number of hydrogen-bond donors (Lipinski definition) is 1. The first-order valence-electron chi connectivity index (χ1n) is 4.63. The van der Waals surface area contributed by atoms with Crippen molar-refractivity contribution in [2.24, 2.45) is 0 Å². The van der Waals surface area contributed by atoms with E-state index in [0.29, 0.717) is 5.03 Å². The lowest BCUT2D eigenvalue weighted by Crippen LogP contribution is -1.98. The average Bonchev–Trinajstić information content (AvgIpc) is 2.32. The number of aromatic carboxylic acids is 1. The number of pyridine rings is 2. The summed E-state index contributed by atoms with van der Waals surface area (Å²) in [6.45, 7) is 0. The molecule has 4 nitrogen and oxygen atoms in total. The third kappa shape index (κ3) is 2.95. The van der Waals surface area contributed by atoms with Crippen molar-refractivity contribution in [2.75, 3.05) is 0 Å². The second kappa shape index (κ2) is 5.16. The minimum absolute atomic E-state index is 0.0539. The zero-order valence-corrected chi connectivity index (χ0v) is 10.1. The van der Waals surface area contributed by atoms with Crippen molar-refractivity contribution in [3.8, 4) is 0 Å². The first-order valence-corrected chi connectivity index (χ1v) is 5.83. The second-order valence-corrected chi connectivity index (χ2v) is 4.59. The van der Waals surface area contributed by atoms with E-state index < -0.39 is 5.97 Å². The van der Waals surface area contributed by atoms with Gasteiger partial charge in [-0.15, -0.1) is 0 Å². The molecule has 0 aliphatic heterocycles. The van der Waals surface area contributed by atoms with Crippen LogP contribution in [-0.2, 0) is 0 Å². The summed E-state index contributed by atoms with van der Waals surface area (Å²) < 4.78 is 0. The summed E-state index contributed by atoms with van der Waals surface area (Å²) in [5.74, 6) is -1.06. The lowest BCUT2D eigenvalue weighted by Gasteiger charge is -2.03. The molecule has 2 aromatic rings. The lowest BCUT2D eigenvalue weighted by atomic mass is 10.3. The molecule has 6 heteroatoms. The van der Waals surface area contributed by atoms with E-state index in [0.717, 1.165) is 4.90 Å². The van der Waals surface area contributed by atoms with Crippen LogP contribution >= 0.6 is 23.4 Å². The van der Waals surface area contributed by atoms with E-state index in [1.54, 1.807) is 12.4 Å².